The van der Waals surface area contributed by atoms with Crippen molar-refractivity contribution in [3.05, 3.63) is 12.3 Å². The molecule has 9 heteroatoms. The number of aromatic nitrogens is 1. The van der Waals surface area contributed by atoms with Crippen molar-refractivity contribution in [2.75, 3.05) is 6.61 Å². The normalized spacial score (nSPS) is 19.6. The van der Waals surface area contributed by atoms with Gasteiger partial charge < -0.3 is 14.0 Å². The lowest BCUT2D eigenvalue weighted by Crippen LogP contribution is -2.41. The Hall–Kier alpha value is -1.16. The van der Waals surface area contributed by atoms with Gasteiger partial charge in [-0.2, -0.15) is 0 Å². The zero-order chi connectivity index (χ0) is 20.0. The summed E-state index contributed by atoms with van der Waals surface area (Å²) in [5.74, 6) is 0.0597. The van der Waals surface area contributed by atoms with Crippen LogP contribution in [0.4, 0.5) is 0 Å². The number of sulfonamides is 1. The Labute approximate surface area is 157 Å². The third-order valence-electron chi connectivity index (χ3n) is 4.38. The van der Waals surface area contributed by atoms with Crippen molar-refractivity contribution in [3.8, 4) is 5.88 Å². The van der Waals surface area contributed by atoms with E-state index in [1.165, 1.54) is 12.3 Å². The SMILES string of the molecule is CCOc1ncc(B2OC(C)(C)C(C)(C)O2)cc1S(=O)(=O)NC(C)(C)C. The van der Waals surface area contributed by atoms with Crippen molar-refractivity contribution in [2.24, 2.45) is 0 Å². The van der Waals surface area contributed by atoms with Crippen molar-refractivity contribution < 1.29 is 22.5 Å². The quantitative estimate of drug-likeness (QED) is 0.780. The molecule has 26 heavy (non-hydrogen) atoms. The van der Waals surface area contributed by atoms with Crippen molar-refractivity contribution in [1.82, 2.24) is 9.71 Å². The zero-order valence-corrected chi connectivity index (χ0v) is 17.7. The van der Waals surface area contributed by atoms with Crippen LogP contribution in [0.3, 0.4) is 0 Å². The molecule has 0 aromatic carbocycles. The first kappa shape index (κ1) is 21.1. The number of pyridine rings is 1. The highest BCUT2D eigenvalue weighted by Crippen LogP contribution is 2.36. The molecule has 1 N–H and O–H groups in total. The minimum atomic E-state index is -3.83. The van der Waals surface area contributed by atoms with E-state index in [1.807, 2.05) is 27.7 Å². The lowest BCUT2D eigenvalue weighted by molar-refractivity contribution is 0.00578. The first-order valence-corrected chi connectivity index (χ1v) is 10.2. The van der Waals surface area contributed by atoms with E-state index >= 15 is 0 Å². The molecule has 146 valence electrons. The van der Waals surface area contributed by atoms with Crippen LogP contribution in [0.15, 0.2) is 17.2 Å². The summed E-state index contributed by atoms with van der Waals surface area (Å²) in [5.41, 5.74) is -1.16. The molecule has 1 aromatic heterocycles. The summed E-state index contributed by atoms with van der Waals surface area (Å²) in [6.45, 7) is 15.2. The fraction of sp³-hybridized carbons (Fsp3) is 0.706. The van der Waals surface area contributed by atoms with E-state index in [0.29, 0.717) is 12.1 Å². The maximum absolute atomic E-state index is 12.9. The monoisotopic (exact) mass is 384 g/mol. The maximum atomic E-state index is 12.9. The third-order valence-corrected chi connectivity index (χ3v) is 6.13. The molecule has 0 bridgehead atoms. The fourth-order valence-corrected chi connectivity index (χ4v) is 4.00. The van der Waals surface area contributed by atoms with Gasteiger partial charge in [-0.3, -0.25) is 0 Å². The van der Waals surface area contributed by atoms with E-state index < -0.39 is 33.9 Å². The molecule has 0 saturated carbocycles. The fourth-order valence-electron chi connectivity index (χ4n) is 2.45. The minimum Gasteiger partial charge on any atom is -0.477 e. The molecule has 0 amide bonds. The summed E-state index contributed by atoms with van der Waals surface area (Å²) in [7, 11) is -4.53. The summed E-state index contributed by atoms with van der Waals surface area (Å²) in [6.07, 6.45) is 1.53. The van der Waals surface area contributed by atoms with Gasteiger partial charge in [0, 0.05) is 17.2 Å². The van der Waals surface area contributed by atoms with Crippen molar-refractivity contribution in [2.45, 2.75) is 77.0 Å². The maximum Gasteiger partial charge on any atom is 0.496 e. The molecule has 0 atom stereocenters. The molecule has 2 heterocycles. The number of ether oxygens (including phenoxy) is 1. The van der Waals surface area contributed by atoms with Gasteiger partial charge in [0.05, 0.1) is 17.8 Å². The van der Waals surface area contributed by atoms with Crippen molar-refractivity contribution >= 4 is 22.6 Å². The van der Waals surface area contributed by atoms with Crippen molar-refractivity contribution in [3.63, 3.8) is 0 Å². The van der Waals surface area contributed by atoms with Gasteiger partial charge in [-0.25, -0.2) is 18.1 Å². The second kappa shape index (κ2) is 6.78. The van der Waals surface area contributed by atoms with Gasteiger partial charge in [-0.05, 0) is 61.5 Å². The molecule has 2 rings (SSSR count). The summed E-state index contributed by atoms with van der Waals surface area (Å²) in [6, 6.07) is 1.51. The summed E-state index contributed by atoms with van der Waals surface area (Å²) >= 11 is 0. The molecular weight excluding hydrogens is 355 g/mol. The first-order chi connectivity index (χ1) is 11.7. The molecular formula is C17H29BN2O5S. The number of hydrogen-bond acceptors (Lipinski definition) is 6. The highest BCUT2D eigenvalue weighted by atomic mass is 32.2. The third kappa shape index (κ3) is 4.39. The second-order valence-electron chi connectivity index (χ2n) is 8.45. The zero-order valence-electron chi connectivity index (χ0n) is 16.8. The lowest BCUT2D eigenvalue weighted by Gasteiger charge is -2.32. The Kier molecular flexibility index (Phi) is 5.51. The van der Waals surface area contributed by atoms with Gasteiger partial charge in [0.15, 0.2) is 0 Å². The van der Waals surface area contributed by atoms with Crippen molar-refractivity contribution in [1.29, 1.82) is 0 Å². The number of rotatable bonds is 5. The summed E-state index contributed by atoms with van der Waals surface area (Å²) in [5, 5.41) is 0. The van der Waals surface area contributed by atoms with E-state index in [9.17, 15) is 8.42 Å². The van der Waals surface area contributed by atoms with Gasteiger partial charge in [0.2, 0.25) is 15.9 Å². The van der Waals surface area contributed by atoms with Gasteiger partial charge >= 0.3 is 7.12 Å². The number of hydrogen-bond donors (Lipinski definition) is 1. The van der Waals surface area contributed by atoms with Crippen LogP contribution in [-0.4, -0.2) is 43.9 Å². The van der Waals surface area contributed by atoms with E-state index in [1.54, 1.807) is 27.7 Å². The lowest BCUT2D eigenvalue weighted by atomic mass is 9.80. The minimum absolute atomic E-state index is 0.0264. The van der Waals surface area contributed by atoms with Gasteiger partial charge in [0.25, 0.3) is 0 Å². The molecule has 0 aliphatic carbocycles. The Morgan fingerprint density at radius 3 is 2.19 bits per heavy atom. The summed E-state index contributed by atoms with van der Waals surface area (Å²) < 4.78 is 45.8. The molecule has 0 spiro atoms. The van der Waals surface area contributed by atoms with E-state index in [4.69, 9.17) is 14.0 Å². The average molecular weight is 384 g/mol. The highest BCUT2D eigenvalue weighted by Gasteiger charge is 2.52. The number of nitrogens with zero attached hydrogens (tertiary/aromatic N) is 1. The van der Waals surface area contributed by atoms with E-state index in [2.05, 4.69) is 9.71 Å². The Bertz CT molecular complexity index is 756. The van der Waals surface area contributed by atoms with E-state index in [0.717, 1.165) is 0 Å². The predicted molar refractivity (Wildman–Crippen MR) is 101 cm³/mol. The van der Waals surface area contributed by atoms with Gasteiger partial charge in [-0.1, -0.05) is 0 Å². The highest BCUT2D eigenvalue weighted by molar-refractivity contribution is 7.89. The van der Waals surface area contributed by atoms with Gasteiger partial charge in [0.1, 0.15) is 4.90 Å². The second-order valence-corrected chi connectivity index (χ2v) is 10.1. The molecule has 1 aliphatic heterocycles. The molecule has 1 aliphatic rings. The Morgan fingerprint density at radius 2 is 1.73 bits per heavy atom. The van der Waals surface area contributed by atoms with Crippen LogP contribution in [0.1, 0.15) is 55.4 Å². The van der Waals surface area contributed by atoms with Gasteiger partial charge in [-0.15, -0.1) is 0 Å². The average Bonchev–Trinajstić information content (AvgIpc) is 2.65. The smallest absolute Gasteiger partial charge is 0.477 e. The Balaban J connectivity index is 2.47. The van der Waals surface area contributed by atoms with Crippen LogP contribution < -0.4 is 14.9 Å². The van der Waals surface area contributed by atoms with E-state index in [-0.39, 0.29) is 10.8 Å². The molecule has 7 nitrogen and oxygen atoms in total. The Morgan fingerprint density at radius 1 is 1.19 bits per heavy atom. The molecule has 1 saturated heterocycles. The number of nitrogens with one attached hydrogen (secondary N) is 1. The van der Waals surface area contributed by atoms with Crippen LogP contribution in [0.2, 0.25) is 0 Å². The van der Waals surface area contributed by atoms with Crippen LogP contribution in [0.25, 0.3) is 0 Å². The first-order valence-electron chi connectivity index (χ1n) is 8.71. The molecule has 1 fully saturated rings. The predicted octanol–water partition coefficient (Wildman–Crippen LogP) is 1.86. The summed E-state index contributed by atoms with van der Waals surface area (Å²) in [4.78, 5) is 4.18. The topological polar surface area (TPSA) is 86.8 Å². The van der Waals surface area contributed by atoms with Crippen LogP contribution >= 0.6 is 0 Å². The van der Waals surface area contributed by atoms with Crippen LogP contribution in [0, 0.1) is 0 Å². The standard InChI is InChI=1S/C17H29BN2O5S/c1-9-23-14-13(26(21,22)20-15(2,3)4)10-12(11-19-14)18-24-16(5,6)17(7,8)25-18/h10-11,20H,9H2,1-8H3. The molecule has 0 unspecified atom stereocenters. The van der Waals surface area contributed by atoms with Crippen LogP contribution in [-0.2, 0) is 19.3 Å². The largest absolute Gasteiger partial charge is 0.496 e. The van der Waals surface area contributed by atoms with Crippen LogP contribution in [0.5, 0.6) is 5.88 Å². The molecule has 1 aromatic rings. The molecule has 0 radical (unpaired) electrons.